The number of Topliss-reactive ketones (excluding diaryl/α,β-unsaturated/α-hetero) is 1. The van der Waals surface area contributed by atoms with Gasteiger partial charge in [-0.2, -0.15) is 0 Å². The van der Waals surface area contributed by atoms with Crippen LogP contribution in [0, 0.1) is 11.3 Å². The van der Waals surface area contributed by atoms with Crippen molar-refractivity contribution >= 4 is 56.9 Å². The molecule has 0 aromatic heterocycles. The number of alkyl carbamates (subject to hydrolysis) is 1. The highest BCUT2D eigenvalue weighted by molar-refractivity contribution is 8.76. The van der Waals surface area contributed by atoms with E-state index >= 15 is 0 Å². The molecule has 2 amide bonds. The quantitative estimate of drug-likeness (QED) is 0.0344. The maximum atomic E-state index is 13.2. The van der Waals surface area contributed by atoms with Crippen LogP contribution in [0.2, 0.25) is 0 Å². The Kier molecular flexibility index (Phi) is 20.5. The lowest BCUT2D eigenvalue weighted by atomic mass is 9.83. The standard InChI is InChI=1S/C36H53ClN2O6S2/c1-25(24-27(3)31-21-18-26(2)34(42)45-31)14-9-12-17-32(41)39-33(36(5,6)7)30(40)16-11-10-15-29(20-19-28(4)37)44-35(43)38-22-13-23-47-46-8/h9-12,14,17-19,24,27,29,31,33H,13,15-16,20-23H2,1-8H3,(H,38,43)(H,39,41)/b11-10-,14-9-,17-12-,25-24+,28-19+/t27-,29+,31-,33+/m0/s1. The highest BCUT2D eigenvalue weighted by Crippen LogP contribution is 2.23. The lowest BCUT2D eigenvalue weighted by Crippen LogP contribution is -2.48. The monoisotopic (exact) mass is 708 g/mol. The van der Waals surface area contributed by atoms with Crippen molar-refractivity contribution in [2.45, 2.75) is 98.8 Å². The summed E-state index contributed by atoms with van der Waals surface area (Å²) in [5, 5.41) is 6.24. The zero-order valence-electron chi connectivity index (χ0n) is 29.1. The molecule has 1 aliphatic heterocycles. The molecule has 11 heteroatoms. The Balaban J connectivity index is 2.69. The third-order valence-corrected chi connectivity index (χ3v) is 9.21. The molecule has 1 heterocycles. The molecule has 0 aromatic carbocycles. The van der Waals surface area contributed by atoms with Crippen LogP contribution in [-0.4, -0.2) is 60.6 Å². The van der Waals surface area contributed by atoms with Crippen LogP contribution in [0.5, 0.6) is 0 Å². The fourth-order valence-electron chi connectivity index (χ4n) is 4.52. The van der Waals surface area contributed by atoms with Crippen molar-refractivity contribution in [3.63, 3.8) is 0 Å². The minimum absolute atomic E-state index is 0.0428. The van der Waals surface area contributed by atoms with Gasteiger partial charge in [0.2, 0.25) is 5.91 Å². The number of carbonyl (C=O) groups is 4. The fraction of sp³-hybridized carbons (Fsp3) is 0.556. The third-order valence-electron chi connectivity index (χ3n) is 7.15. The highest BCUT2D eigenvalue weighted by Gasteiger charge is 2.31. The fourth-order valence-corrected chi connectivity index (χ4v) is 5.90. The molecule has 2 N–H and O–H groups in total. The van der Waals surface area contributed by atoms with E-state index in [4.69, 9.17) is 21.1 Å². The van der Waals surface area contributed by atoms with Crippen LogP contribution < -0.4 is 10.6 Å². The molecule has 47 heavy (non-hydrogen) atoms. The van der Waals surface area contributed by atoms with Gasteiger partial charge in [-0.05, 0) is 38.9 Å². The van der Waals surface area contributed by atoms with Gasteiger partial charge in [0.1, 0.15) is 12.2 Å². The van der Waals surface area contributed by atoms with Crippen LogP contribution >= 0.6 is 33.2 Å². The molecule has 0 unspecified atom stereocenters. The minimum Gasteiger partial charge on any atom is -0.458 e. The number of amides is 2. The number of allylic oxidation sites excluding steroid dienone is 6. The largest absolute Gasteiger partial charge is 0.458 e. The Labute approximate surface area is 294 Å². The topological polar surface area (TPSA) is 111 Å². The van der Waals surface area contributed by atoms with E-state index in [2.05, 4.69) is 10.6 Å². The molecule has 0 radical (unpaired) electrons. The van der Waals surface area contributed by atoms with Crippen molar-refractivity contribution in [3.05, 3.63) is 70.9 Å². The lowest BCUT2D eigenvalue weighted by molar-refractivity contribution is -0.147. The summed E-state index contributed by atoms with van der Waals surface area (Å²) < 4.78 is 11.1. The molecule has 4 atom stereocenters. The van der Waals surface area contributed by atoms with Crippen molar-refractivity contribution < 1.29 is 28.7 Å². The number of nitrogens with one attached hydrogen (secondary N) is 2. The molecule has 0 saturated heterocycles. The van der Waals surface area contributed by atoms with Gasteiger partial charge in [0.15, 0.2) is 5.78 Å². The molecular weight excluding hydrogens is 656 g/mol. The van der Waals surface area contributed by atoms with Crippen molar-refractivity contribution in [1.82, 2.24) is 10.6 Å². The normalized spacial score (nSPS) is 18.2. The summed E-state index contributed by atoms with van der Waals surface area (Å²) in [7, 11) is 3.43. The molecule has 8 nitrogen and oxygen atoms in total. The summed E-state index contributed by atoms with van der Waals surface area (Å²) in [5.74, 6) is 0.219. The van der Waals surface area contributed by atoms with Gasteiger partial charge in [-0.1, -0.05) is 115 Å². The summed E-state index contributed by atoms with van der Waals surface area (Å²) in [6.07, 6.45) is 19.4. The van der Waals surface area contributed by atoms with E-state index < -0.39 is 23.7 Å². The Morgan fingerprint density at radius 1 is 1.15 bits per heavy atom. The third kappa shape index (κ3) is 19.0. The van der Waals surface area contributed by atoms with Crippen LogP contribution in [0.15, 0.2) is 70.9 Å². The Morgan fingerprint density at radius 2 is 1.85 bits per heavy atom. The highest BCUT2D eigenvalue weighted by atomic mass is 35.5. The first-order valence-electron chi connectivity index (χ1n) is 16.0. The number of carbonyl (C=O) groups excluding carboxylic acids is 4. The zero-order chi connectivity index (χ0) is 35.4. The number of halogens is 1. The number of rotatable bonds is 19. The average molecular weight is 709 g/mol. The van der Waals surface area contributed by atoms with E-state index in [-0.39, 0.29) is 36.1 Å². The van der Waals surface area contributed by atoms with Gasteiger partial charge < -0.3 is 20.1 Å². The van der Waals surface area contributed by atoms with Gasteiger partial charge in [-0.15, -0.1) is 0 Å². The Hall–Kier alpha value is -2.69. The number of ketones is 1. The first-order valence-corrected chi connectivity index (χ1v) is 19.1. The summed E-state index contributed by atoms with van der Waals surface area (Å²) >= 11 is 6.00. The first kappa shape index (κ1) is 42.3. The zero-order valence-corrected chi connectivity index (χ0v) is 31.5. The van der Waals surface area contributed by atoms with Crippen molar-refractivity contribution in [3.8, 4) is 0 Å². The molecule has 1 aliphatic rings. The van der Waals surface area contributed by atoms with E-state index in [0.29, 0.717) is 36.4 Å². The van der Waals surface area contributed by atoms with Crippen LogP contribution in [0.25, 0.3) is 0 Å². The smallest absolute Gasteiger partial charge is 0.407 e. The first-order chi connectivity index (χ1) is 22.1. The summed E-state index contributed by atoms with van der Waals surface area (Å²) in [6.45, 7) is 13.7. The molecule has 0 aromatic rings. The van der Waals surface area contributed by atoms with Crippen molar-refractivity contribution in [2.24, 2.45) is 11.3 Å². The predicted molar refractivity (Wildman–Crippen MR) is 197 cm³/mol. The van der Waals surface area contributed by atoms with Gasteiger partial charge in [0, 0.05) is 60.6 Å². The van der Waals surface area contributed by atoms with E-state index in [1.807, 2.05) is 65.2 Å². The van der Waals surface area contributed by atoms with E-state index in [9.17, 15) is 19.2 Å². The number of esters is 1. The second-order valence-corrected chi connectivity index (χ2v) is 15.8. The average Bonchev–Trinajstić information content (AvgIpc) is 2.99. The molecular formula is C36H53ClN2O6S2. The molecule has 0 aliphatic carbocycles. The van der Waals surface area contributed by atoms with Crippen LogP contribution in [0.3, 0.4) is 0 Å². The molecule has 0 bridgehead atoms. The van der Waals surface area contributed by atoms with Crippen LogP contribution in [0.4, 0.5) is 4.79 Å². The number of hydrogen-bond acceptors (Lipinski definition) is 8. The van der Waals surface area contributed by atoms with Crippen molar-refractivity contribution in [1.29, 1.82) is 0 Å². The molecule has 0 spiro atoms. The van der Waals surface area contributed by atoms with Gasteiger partial charge in [0.05, 0.1) is 6.04 Å². The number of hydrogen-bond donors (Lipinski definition) is 2. The SMILES string of the molecule is CSSCCCNC(=O)O[C@H](C/C=C\CC(=O)[C@@H](NC(=O)\C=C/C=C\C(C)=C\[C@H](C)[C@@H]1CC=C(C)C(=O)O1)C(C)(C)C)C/C=C(\C)Cl. The number of ether oxygens (including phenoxy) is 2. The summed E-state index contributed by atoms with van der Waals surface area (Å²) in [6, 6.07) is -0.699. The van der Waals surface area contributed by atoms with Crippen LogP contribution in [0.1, 0.15) is 80.6 Å². The Bertz CT molecular complexity index is 1230. The minimum atomic E-state index is -0.699. The summed E-state index contributed by atoms with van der Waals surface area (Å²) in [5.41, 5.74) is 1.11. The van der Waals surface area contributed by atoms with Gasteiger partial charge >= 0.3 is 12.1 Å². The maximum absolute atomic E-state index is 13.2. The van der Waals surface area contributed by atoms with Crippen LogP contribution in [-0.2, 0) is 23.9 Å². The van der Waals surface area contributed by atoms with E-state index in [1.165, 1.54) is 6.08 Å². The van der Waals surface area contributed by atoms with E-state index in [0.717, 1.165) is 17.7 Å². The van der Waals surface area contributed by atoms with Gasteiger partial charge in [0.25, 0.3) is 0 Å². The number of cyclic esters (lactones) is 1. The summed E-state index contributed by atoms with van der Waals surface area (Å²) in [4.78, 5) is 50.0. The molecule has 262 valence electrons. The lowest BCUT2D eigenvalue weighted by Gasteiger charge is -2.29. The molecule has 0 fully saturated rings. The maximum Gasteiger partial charge on any atom is 0.407 e. The second-order valence-electron chi connectivity index (χ2n) is 12.6. The van der Waals surface area contributed by atoms with Gasteiger partial charge in [-0.3, -0.25) is 9.59 Å². The van der Waals surface area contributed by atoms with Crippen molar-refractivity contribution in [2.75, 3.05) is 18.6 Å². The second kappa shape index (κ2) is 22.8. The predicted octanol–water partition coefficient (Wildman–Crippen LogP) is 8.41. The Morgan fingerprint density at radius 3 is 2.49 bits per heavy atom. The molecule has 1 rings (SSSR count). The molecule has 0 saturated carbocycles. The van der Waals surface area contributed by atoms with Gasteiger partial charge in [-0.25, -0.2) is 9.59 Å². The van der Waals surface area contributed by atoms with E-state index in [1.54, 1.807) is 59.7 Å².